The summed E-state index contributed by atoms with van der Waals surface area (Å²) in [6.45, 7) is 6.52. The van der Waals surface area contributed by atoms with Crippen molar-refractivity contribution >= 4 is 17.9 Å². The van der Waals surface area contributed by atoms with Crippen LogP contribution in [0.25, 0.3) is 0 Å². The summed E-state index contributed by atoms with van der Waals surface area (Å²) in [7, 11) is 0. The number of allylic oxidation sites excluding steroid dienone is 10. The smallest absolute Gasteiger partial charge is 0.306 e. The molecule has 0 heterocycles. The minimum atomic E-state index is -0.792. The maximum absolute atomic E-state index is 12.9. The second-order valence-corrected chi connectivity index (χ2v) is 19.9. The van der Waals surface area contributed by atoms with Crippen LogP contribution in [0.3, 0.4) is 0 Å². The van der Waals surface area contributed by atoms with Gasteiger partial charge in [-0.2, -0.15) is 0 Å². The summed E-state index contributed by atoms with van der Waals surface area (Å²) in [4.78, 5) is 38.2. The van der Waals surface area contributed by atoms with Crippen molar-refractivity contribution in [2.45, 2.75) is 309 Å². The van der Waals surface area contributed by atoms with Crippen LogP contribution in [0, 0.1) is 0 Å². The molecule has 0 aliphatic heterocycles. The average Bonchev–Trinajstić information content (AvgIpc) is 3.35. The number of rotatable bonds is 54. The summed E-state index contributed by atoms with van der Waals surface area (Å²) in [5.74, 6) is -0.920. The van der Waals surface area contributed by atoms with E-state index < -0.39 is 6.10 Å². The van der Waals surface area contributed by atoms with Crippen molar-refractivity contribution in [1.29, 1.82) is 0 Å². The van der Waals surface area contributed by atoms with E-state index in [1.165, 1.54) is 180 Å². The largest absolute Gasteiger partial charge is 0.462 e. The molecule has 0 aromatic heterocycles. The SMILES string of the molecule is CC/C=C\C/C=C\C/C=C\C/C=C\CCCCC(=O)OC[C@H](COC(=O)CCCCCCCCCCCCCCCCCCCCC)OC(=O)CCCCCCCCC/C=C\CCCCCCCC. The Morgan fingerprint density at radius 1 is 0.304 bits per heavy atom. The van der Waals surface area contributed by atoms with Crippen LogP contribution in [0.4, 0.5) is 0 Å². The Hall–Kier alpha value is -2.89. The summed E-state index contributed by atoms with van der Waals surface area (Å²) in [6, 6.07) is 0. The summed E-state index contributed by atoms with van der Waals surface area (Å²) in [5, 5.41) is 0. The lowest BCUT2D eigenvalue weighted by Gasteiger charge is -2.18. The molecule has 0 aliphatic rings. The Morgan fingerprint density at radius 2 is 0.565 bits per heavy atom. The molecule has 0 aromatic carbocycles. The Balaban J connectivity index is 4.39. The Kier molecular flexibility index (Phi) is 55.3. The third-order valence-corrected chi connectivity index (χ3v) is 13.0. The van der Waals surface area contributed by atoms with Crippen molar-refractivity contribution < 1.29 is 28.6 Å². The van der Waals surface area contributed by atoms with Gasteiger partial charge in [-0.3, -0.25) is 14.4 Å². The maximum atomic E-state index is 12.9. The molecule has 1 atom stereocenters. The van der Waals surface area contributed by atoms with E-state index in [0.29, 0.717) is 19.3 Å². The molecule has 0 saturated heterocycles. The van der Waals surface area contributed by atoms with Gasteiger partial charge in [0.15, 0.2) is 6.10 Å². The lowest BCUT2D eigenvalue weighted by molar-refractivity contribution is -0.167. The van der Waals surface area contributed by atoms with Gasteiger partial charge in [0.05, 0.1) is 0 Å². The Labute approximate surface area is 428 Å². The van der Waals surface area contributed by atoms with Crippen LogP contribution in [0.1, 0.15) is 303 Å². The summed E-state index contributed by atoms with van der Waals surface area (Å²) in [5.41, 5.74) is 0. The second kappa shape index (κ2) is 57.7. The predicted octanol–water partition coefficient (Wildman–Crippen LogP) is 20.0. The normalized spacial score (nSPS) is 12.4. The molecule has 0 fully saturated rings. The number of hydrogen-bond donors (Lipinski definition) is 0. The standard InChI is InChI=1S/C63H112O6/c1-4-7-10-13-16-19-22-25-28-30-31-33-35-38-41-44-47-50-53-56-62(65)68-59-60(58-67-61(64)55-52-49-46-43-40-37-34-27-24-21-18-15-12-9-6-3)69-63(66)57-54-51-48-45-42-39-36-32-29-26-23-20-17-14-11-8-5-2/h9,12,18,21,26-27,29,34,40,43,60H,4-8,10-11,13-17,19-20,22-25,28,30-33,35-39,41-42,44-59H2,1-3H3/b12-9-,21-18-,29-26-,34-27-,43-40-/t60-/m1/s1. The number of ether oxygens (including phenoxy) is 3. The highest BCUT2D eigenvalue weighted by atomic mass is 16.6. The zero-order valence-electron chi connectivity index (χ0n) is 45.8. The summed E-state index contributed by atoms with van der Waals surface area (Å²) < 4.78 is 16.9. The van der Waals surface area contributed by atoms with E-state index in [1.54, 1.807) is 0 Å². The number of carbonyl (C=O) groups excluding carboxylic acids is 3. The van der Waals surface area contributed by atoms with Crippen molar-refractivity contribution in [2.75, 3.05) is 13.2 Å². The van der Waals surface area contributed by atoms with Gasteiger partial charge in [0.25, 0.3) is 0 Å². The van der Waals surface area contributed by atoms with Crippen molar-refractivity contribution in [3.8, 4) is 0 Å². The Bertz CT molecular complexity index is 1250. The molecule has 0 radical (unpaired) electrons. The summed E-state index contributed by atoms with van der Waals surface area (Å²) in [6.07, 6.45) is 72.2. The van der Waals surface area contributed by atoms with E-state index in [9.17, 15) is 14.4 Å². The van der Waals surface area contributed by atoms with E-state index >= 15 is 0 Å². The first-order valence-corrected chi connectivity index (χ1v) is 29.8. The molecule has 0 aromatic rings. The monoisotopic (exact) mass is 965 g/mol. The molecule has 0 bridgehead atoms. The molecule has 0 saturated carbocycles. The number of carbonyl (C=O) groups is 3. The number of hydrogen-bond acceptors (Lipinski definition) is 6. The van der Waals surface area contributed by atoms with Crippen LogP contribution in [-0.4, -0.2) is 37.2 Å². The fraction of sp³-hybridized carbons (Fsp3) is 0.794. The fourth-order valence-corrected chi connectivity index (χ4v) is 8.55. The van der Waals surface area contributed by atoms with E-state index in [4.69, 9.17) is 14.2 Å². The maximum Gasteiger partial charge on any atom is 0.306 e. The first kappa shape index (κ1) is 66.1. The zero-order valence-corrected chi connectivity index (χ0v) is 45.8. The van der Waals surface area contributed by atoms with E-state index in [0.717, 1.165) is 83.5 Å². The van der Waals surface area contributed by atoms with Gasteiger partial charge in [-0.1, -0.05) is 261 Å². The Morgan fingerprint density at radius 3 is 0.928 bits per heavy atom. The third kappa shape index (κ3) is 55.9. The van der Waals surface area contributed by atoms with Crippen LogP contribution in [0.2, 0.25) is 0 Å². The third-order valence-electron chi connectivity index (χ3n) is 13.0. The van der Waals surface area contributed by atoms with E-state index in [-0.39, 0.29) is 31.1 Å². The first-order valence-electron chi connectivity index (χ1n) is 29.8. The minimum Gasteiger partial charge on any atom is -0.462 e. The van der Waals surface area contributed by atoms with Gasteiger partial charge in [0.2, 0.25) is 0 Å². The lowest BCUT2D eigenvalue weighted by Crippen LogP contribution is -2.30. The molecule has 69 heavy (non-hydrogen) atoms. The van der Waals surface area contributed by atoms with Crippen LogP contribution >= 0.6 is 0 Å². The highest BCUT2D eigenvalue weighted by Crippen LogP contribution is 2.16. The molecule has 400 valence electrons. The minimum absolute atomic E-state index is 0.0863. The van der Waals surface area contributed by atoms with Crippen LogP contribution in [0.15, 0.2) is 60.8 Å². The van der Waals surface area contributed by atoms with Gasteiger partial charge >= 0.3 is 17.9 Å². The van der Waals surface area contributed by atoms with Gasteiger partial charge in [0.1, 0.15) is 13.2 Å². The highest BCUT2D eigenvalue weighted by molar-refractivity contribution is 5.71. The lowest BCUT2D eigenvalue weighted by atomic mass is 10.0. The van der Waals surface area contributed by atoms with Gasteiger partial charge in [-0.05, 0) is 83.5 Å². The van der Waals surface area contributed by atoms with E-state index in [1.807, 2.05) is 0 Å². The zero-order chi connectivity index (χ0) is 50.0. The average molecular weight is 966 g/mol. The molecule has 6 nitrogen and oxygen atoms in total. The van der Waals surface area contributed by atoms with Crippen LogP contribution in [-0.2, 0) is 28.6 Å². The molecule has 0 N–H and O–H groups in total. The number of esters is 3. The highest BCUT2D eigenvalue weighted by Gasteiger charge is 2.19. The quantitative estimate of drug-likeness (QED) is 0.0262. The topological polar surface area (TPSA) is 78.9 Å². The molecule has 0 unspecified atom stereocenters. The molecular formula is C63H112O6. The summed E-state index contributed by atoms with van der Waals surface area (Å²) >= 11 is 0. The van der Waals surface area contributed by atoms with Crippen LogP contribution < -0.4 is 0 Å². The van der Waals surface area contributed by atoms with E-state index in [2.05, 4.69) is 81.5 Å². The number of unbranched alkanes of at least 4 members (excludes halogenated alkanes) is 33. The van der Waals surface area contributed by atoms with Crippen LogP contribution in [0.5, 0.6) is 0 Å². The molecule has 0 spiro atoms. The van der Waals surface area contributed by atoms with Gasteiger partial charge in [-0.15, -0.1) is 0 Å². The molecule has 0 aliphatic carbocycles. The van der Waals surface area contributed by atoms with Gasteiger partial charge in [-0.25, -0.2) is 0 Å². The second-order valence-electron chi connectivity index (χ2n) is 19.9. The predicted molar refractivity (Wildman–Crippen MR) is 298 cm³/mol. The molecule has 0 rings (SSSR count). The molecule has 6 heteroatoms. The molecular weight excluding hydrogens is 853 g/mol. The first-order chi connectivity index (χ1) is 34.0. The van der Waals surface area contributed by atoms with Crippen molar-refractivity contribution in [1.82, 2.24) is 0 Å². The van der Waals surface area contributed by atoms with Crippen molar-refractivity contribution in [3.05, 3.63) is 60.8 Å². The van der Waals surface area contributed by atoms with Crippen molar-refractivity contribution in [3.63, 3.8) is 0 Å². The van der Waals surface area contributed by atoms with Gasteiger partial charge in [0, 0.05) is 19.3 Å². The fourth-order valence-electron chi connectivity index (χ4n) is 8.55. The molecule has 0 amide bonds. The van der Waals surface area contributed by atoms with Crippen molar-refractivity contribution in [2.24, 2.45) is 0 Å². The van der Waals surface area contributed by atoms with Gasteiger partial charge < -0.3 is 14.2 Å².